The molecular formula is C10H14ClNO2. The van der Waals surface area contributed by atoms with Crippen LogP contribution in [0.15, 0.2) is 23.5 Å². The SMILES string of the molecule is C=CN/C(Cl)=C(\C(C)=O)C(O)C1CC1. The lowest BCUT2D eigenvalue weighted by Gasteiger charge is -2.13. The zero-order valence-electron chi connectivity index (χ0n) is 8.09. The van der Waals surface area contributed by atoms with Gasteiger partial charge in [-0.1, -0.05) is 18.2 Å². The number of halogens is 1. The van der Waals surface area contributed by atoms with Gasteiger partial charge in [-0.3, -0.25) is 4.79 Å². The van der Waals surface area contributed by atoms with E-state index in [1.54, 1.807) is 0 Å². The van der Waals surface area contributed by atoms with Crippen LogP contribution in [-0.2, 0) is 4.79 Å². The Labute approximate surface area is 88.4 Å². The van der Waals surface area contributed by atoms with Crippen LogP contribution < -0.4 is 5.32 Å². The molecule has 0 spiro atoms. The molecule has 0 radical (unpaired) electrons. The van der Waals surface area contributed by atoms with Crippen LogP contribution in [-0.4, -0.2) is 17.0 Å². The highest BCUT2D eigenvalue weighted by Gasteiger charge is 2.35. The van der Waals surface area contributed by atoms with Gasteiger partial charge in [0, 0.05) is 0 Å². The van der Waals surface area contributed by atoms with Crippen molar-refractivity contribution < 1.29 is 9.90 Å². The molecule has 1 aliphatic rings. The Kier molecular flexibility index (Phi) is 3.72. The zero-order valence-corrected chi connectivity index (χ0v) is 8.84. The van der Waals surface area contributed by atoms with Crippen LogP contribution in [0.1, 0.15) is 19.8 Å². The monoisotopic (exact) mass is 215 g/mol. The Bertz CT molecular complexity index is 282. The fourth-order valence-electron chi connectivity index (χ4n) is 1.31. The summed E-state index contributed by atoms with van der Waals surface area (Å²) in [6.45, 7) is 4.84. The molecule has 0 aromatic rings. The van der Waals surface area contributed by atoms with E-state index in [2.05, 4.69) is 11.9 Å². The van der Waals surface area contributed by atoms with Gasteiger partial charge in [-0.05, 0) is 31.9 Å². The molecule has 0 aromatic heterocycles. The summed E-state index contributed by atoms with van der Waals surface area (Å²) in [5.74, 6) is -0.0157. The van der Waals surface area contributed by atoms with E-state index < -0.39 is 6.10 Å². The topological polar surface area (TPSA) is 49.3 Å². The summed E-state index contributed by atoms with van der Waals surface area (Å²) in [5.41, 5.74) is 0.258. The van der Waals surface area contributed by atoms with Gasteiger partial charge in [0.2, 0.25) is 0 Å². The molecule has 0 aromatic carbocycles. The maximum atomic E-state index is 11.3. The summed E-state index contributed by atoms with van der Waals surface area (Å²) in [5, 5.41) is 12.6. The van der Waals surface area contributed by atoms with Crippen molar-refractivity contribution in [2.45, 2.75) is 25.9 Å². The maximum absolute atomic E-state index is 11.3. The van der Waals surface area contributed by atoms with E-state index in [0.717, 1.165) is 12.8 Å². The molecule has 1 unspecified atom stereocenters. The van der Waals surface area contributed by atoms with Gasteiger partial charge in [0.05, 0.1) is 11.7 Å². The number of carbonyl (C=O) groups is 1. The molecule has 0 aliphatic heterocycles. The fraction of sp³-hybridized carbons (Fsp3) is 0.500. The van der Waals surface area contributed by atoms with Crippen molar-refractivity contribution in [3.8, 4) is 0 Å². The number of Topliss-reactive ketones (excluding diaryl/α,β-unsaturated/α-hetero) is 1. The minimum atomic E-state index is -0.743. The number of aliphatic hydroxyl groups excluding tert-OH is 1. The first-order valence-corrected chi connectivity index (χ1v) is 4.91. The van der Waals surface area contributed by atoms with Crippen molar-refractivity contribution >= 4 is 17.4 Å². The highest BCUT2D eigenvalue weighted by Crippen LogP contribution is 2.36. The number of carbonyl (C=O) groups excluding carboxylic acids is 1. The summed E-state index contributed by atoms with van der Waals surface area (Å²) >= 11 is 5.83. The summed E-state index contributed by atoms with van der Waals surface area (Å²) < 4.78 is 0. The van der Waals surface area contributed by atoms with Gasteiger partial charge in [-0.2, -0.15) is 0 Å². The molecule has 2 N–H and O–H groups in total. The molecule has 0 amide bonds. The second kappa shape index (κ2) is 4.62. The lowest BCUT2D eigenvalue weighted by molar-refractivity contribution is -0.114. The Morgan fingerprint density at radius 2 is 2.29 bits per heavy atom. The smallest absolute Gasteiger partial charge is 0.161 e. The lowest BCUT2D eigenvalue weighted by atomic mass is 10.0. The van der Waals surface area contributed by atoms with Crippen LogP contribution >= 0.6 is 11.6 Å². The van der Waals surface area contributed by atoms with Gasteiger partial charge in [-0.15, -0.1) is 0 Å². The second-order valence-electron chi connectivity index (χ2n) is 3.41. The van der Waals surface area contributed by atoms with E-state index in [1.807, 2.05) is 0 Å². The number of rotatable bonds is 5. The molecular weight excluding hydrogens is 202 g/mol. The highest BCUT2D eigenvalue weighted by molar-refractivity contribution is 6.31. The van der Waals surface area contributed by atoms with Gasteiger partial charge < -0.3 is 10.4 Å². The quantitative estimate of drug-likeness (QED) is 0.540. The average Bonchev–Trinajstić information content (AvgIpc) is 2.85. The second-order valence-corrected chi connectivity index (χ2v) is 3.79. The first kappa shape index (κ1) is 11.3. The third-order valence-electron chi connectivity index (χ3n) is 2.21. The van der Waals surface area contributed by atoms with Crippen molar-refractivity contribution in [2.75, 3.05) is 0 Å². The summed E-state index contributed by atoms with van der Waals surface area (Å²) in [4.78, 5) is 11.3. The normalized spacial score (nSPS) is 19.6. The van der Waals surface area contributed by atoms with Gasteiger partial charge in [0.25, 0.3) is 0 Å². The van der Waals surface area contributed by atoms with Gasteiger partial charge in [-0.25, -0.2) is 0 Å². The fourth-order valence-corrected chi connectivity index (χ4v) is 1.63. The molecule has 0 bridgehead atoms. The first-order valence-electron chi connectivity index (χ1n) is 4.54. The average molecular weight is 216 g/mol. The highest BCUT2D eigenvalue weighted by atomic mass is 35.5. The molecule has 0 saturated heterocycles. The Hall–Kier alpha value is -0.800. The van der Waals surface area contributed by atoms with Gasteiger partial charge in [0.15, 0.2) is 5.78 Å². The molecule has 0 heterocycles. The molecule has 1 rings (SSSR count). The molecule has 1 atom stereocenters. The minimum Gasteiger partial charge on any atom is -0.388 e. The van der Waals surface area contributed by atoms with Crippen LogP contribution in [0.4, 0.5) is 0 Å². The van der Waals surface area contributed by atoms with E-state index in [0.29, 0.717) is 0 Å². The van der Waals surface area contributed by atoms with Crippen molar-refractivity contribution in [1.82, 2.24) is 5.32 Å². The van der Waals surface area contributed by atoms with Gasteiger partial charge in [0.1, 0.15) is 5.16 Å². The summed E-state index contributed by atoms with van der Waals surface area (Å²) in [6, 6.07) is 0. The van der Waals surface area contributed by atoms with E-state index in [9.17, 15) is 9.90 Å². The lowest BCUT2D eigenvalue weighted by Crippen LogP contribution is -2.22. The maximum Gasteiger partial charge on any atom is 0.161 e. The molecule has 14 heavy (non-hydrogen) atoms. The summed E-state index contributed by atoms with van der Waals surface area (Å²) in [6.07, 6.45) is 2.55. The third kappa shape index (κ3) is 2.59. The van der Waals surface area contributed by atoms with Crippen molar-refractivity contribution in [3.05, 3.63) is 23.5 Å². The molecule has 3 nitrogen and oxygen atoms in total. The summed E-state index contributed by atoms with van der Waals surface area (Å²) in [7, 11) is 0. The first-order chi connectivity index (χ1) is 6.57. The van der Waals surface area contributed by atoms with Gasteiger partial charge >= 0.3 is 0 Å². The zero-order chi connectivity index (χ0) is 10.7. The van der Waals surface area contributed by atoms with E-state index in [1.165, 1.54) is 13.1 Å². The van der Waals surface area contributed by atoms with E-state index in [4.69, 9.17) is 11.6 Å². The van der Waals surface area contributed by atoms with Crippen LogP contribution in [0.2, 0.25) is 0 Å². The van der Waals surface area contributed by atoms with Crippen molar-refractivity contribution in [1.29, 1.82) is 0 Å². The minimum absolute atomic E-state index is 0.173. The predicted molar refractivity (Wildman–Crippen MR) is 55.6 cm³/mol. The number of nitrogens with one attached hydrogen (secondary N) is 1. The largest absolute Gasteiger partial charge is 0.388 e. The predicted octanol–water partition coefficient (Wildman–Crippen LogP) is 1.53. The van der Waals surface area contributed by atoms with E-state index in [-0.39, 0.29) is 22.4 Å². The number of hydrogen-bond acceptors (Lipinski definition) is 3. The van der Waals surface area contributed by atoms with Crippen molar-refractivity contribution in [2.24, 2.45) is 5.92 Å². The number of aliphatic hydroxyl groups is 1. The molecule has 1 fully saturated rings. The molecule has 1 saturated carbocycles. The third-order valence-corrected chi connectivity index (χ3v) is 2.52. The van der Waals surface area contributed by atoms with Crippen LogP contribution in [0, 0.1) is 5.92 Å². The molecule has 4 heteroatoms. The van der Waals surface area contributed by atoms with Crippen LogP contribution in [0.25, 0.3) is 0 Å². The van der Waals surface area contributed by atoms with Crippen LogP contribution in [0.3, 0.4) is 0 Å². The Morgan fingerprint density at radius 3 is 2.64 bits per heavy atom. The van der Waals surface area contributed by atoms with Crippen LogP contribution in [0.5, 0.6) is 0 Å². The standard InChI is InChI=1S/C10H14ClNO2/c1-3-12-10(11)8(6(2)13)9(14)7-4-5-7/h3,7,9,12,14H,1,4-5H2,2H3/b10-8+. The molecule has 78 valence electrons. The number of hydrogen-bond donors (Lipinski definition) is 2. The Morgan fingerprint density at radius 1 is 1.71 bits per heavy atom. The molecule has 1 aliphatic carbocycles. The Balaban J connectivity index is 2.85. The number of ketones is 1. The van der Waals surface area contributed by atoms with E-state index >= 15 is 0 Å². The van der Waals surface area contributed by atoms with Crippen molar-refractivity contribution in [3.63, 3.8) is 0 Å².